The van der Waals surface area contributed by atoms with Gasteiger partial charge < -0.3 is 10.0 Å². The molecule has 0 aliphatic heterocycles. The molecule has 1 aromatic rings. The van der Waals surface area contributed by atoms with Crippen LogP contribution < -0.4 is 4.90 Å². The molecule has 0 aromatic heterocycles. The molecule has 0 atom stereocenters. The lowest BCUT2D eigenvalue weighted by Gasteiger charge is -2.22. The predicted molar refractivity (Wildman–Crippen MR) is 56.5 cm³/mol. The predicted octanol–water partition coefficient (Wildman–Crippen LogP) is 2.01. The van der Waals surface area contributed by atoms with E-state index in [0.29, 0.717) is 0 Å². The molecule has 92 valence electrons. The maximum Gasteiger partial charge on any atom is 0.418 e. The standard InChI is InChI=1S/C11H11F3N2O/c1-16(4-5-17)10-3-2-8(7-15)6-9(10)11(12,13)14/h2-3,6,17H,4-5H2,1H3. The molecule has 0 radical (unpaired) electrons. The van der Waals surface area contributed by atoms with Crippen LogP contribution in [-0.4, -0.2) is 25.3 Å². The minimum atomic E-state index is -4.52. The van der Waals surface area contributed by atoms with Crippen molar-refractivity contribution in [2.75, 3.05) is 25.1 Å². The van der Waals surface area contributed by atoms with E-state index < -0.39 is 11.7 Å². The van der Waals surface area contributed by atoms with Crippen LogP contribution in [-0.2, 0) is 6.18 Å². The molecule has 0 spiro atoms. The molecule has 1 rings (SSSR count). The fourth-order valence-electron chi connectivity index (χ4n) is 1.44. The number of aliphatic hydroxyl groups excluding tert-OH is 1. The number of anilines is 1. The fourth-order valence-corrected chi connectivity index (χ4v) is 1.44. The second-order valence-electron chi connectivity index (χ2n) is 3.49. The third kappa shape index (κ3) is 3.11. The van der Waals surface area contributed by atoms with Crippen molar-refractivity contribution in [3.8, 4) is 6.07 Å². The molecule has 17 heavy (non-hydrogen) atoms. The summed E-state index contributed by atoms with van der Waals surface area (Å²) in [4.78, 5) is 1.30. The lowest BCUT2D eigenvalue weighted by atomic mass is 10.1. The van der Waals surface area contributed by atoms with Crippen molar-refractivity contribution in [1.82, 2.24) is 0 Å². The largest absolute Gasteiger partial charge is 0.418 e. The zero-order valence-corrected chi connectivity index (χ0v) is 9.12. The van der Waals surface area contributed by atoms with Crippen molar-refractivity contribution in [3.63, 3.8) is 0 Å². The normalized spacial score (nSPS) is 11.1. The van der Waals surface area contributed by atoms with E-state index in [1.54, 1.807) is 6.07 Å². The summed E-state index contributed by atoms with van der Waals surface area (Å²) in [6.45, 7) is -0.150. The Morgan fingerprint density at radius 1 is 1.41 bits per heavy atom. The highest BCUT2D eigenvalue weighted by Crippen LogP contribution is 2.36. The Morgan fingerprint density at radius 2 is 2.06 bits per heavy atom. The number of aliphatic hydroxyl groups is 1. The lowest BCUT2D eigenvalue weighted by Crippen LogP contribution is -2.24. The monoisotopic (exact) mass is 244 g/mol. The van der Waals surface area contributed by atoms with Crippen molar-refractivity contribution < 1.29 is 18.3 Å². The van der Waals surface area contributed by atoms with Gasteiger partial charge in [0, 0.05) is 19.3 Å². The third-order valence-electron chi connectivity index (χ3n) is 2.28. The van der Waals surface area contributed by atoms with Crippen LogP contribution in [0.3, 0.4) is 0 Å². The zero-order chi connectivity index (χ0) is 13.1. The molecule has 0 unspecified atom stereocenters. The number of nitriles is 1. The lowest BCUT2D eigenvalue weighted by molar-refractivity contribution is -0.137. The van der Waals surface area contributed by atoms with Gasteiger partial charge in [-0.2, -0.15) is 18.4 Å². The molecule has 0 heterocycles. The van der Waals surface area contributed by atoms with Gasteiger partial charge >= 0.3 is 6.18 Å². The Kier molecular flexibility index (Phi) is 3.97. The maximum absolute atomic E-state index is 12.8. The molecular formula is C11H11F3N2O. The quantitative estimate of drug-likeness (QED) is 0.884. The van der Waals surface area contributed by atoms with E-state index in [0.717, 1.165) is 6.07 Å². The highest BCUT2D eigenvalue weighted by Gasteiger charge is 2.34. The van der Waals surface area contributed by atoms with E-state index in [2.05, 4.69) is 0 Å². The molecule has 0 saturated carbocycles. The van der Waals surface area contributed by atoms with Gasteiger partial charge in [0.25, 0.3) is 0 Å². The van der Waals surface area contributed by atoms with Crippen LogP contribution in [0.5, 0.6) is 0 Å². The highest BCUT2D eigenvalue weighted by molar-refractivity contribution is 5.57. The summed E-state index contributed by atoms with van der Waals surface area (Å²) in [6.07, 6.45) is -4.52. The van der Waals surface area contributed by atoms with E-state index in [9.17, 15) is 13.2 Å². The molecule has 0 aliphatic rings. The van der Waals surface area contributed by atoms with Crippen molar-refractivity contribution >= 4 is 5.69 Å². The van der Waals surface area contributed by atoms with Crippen LogP contribution >= 0.6 is 0 Å². The van der Waals surface area contributed by atoms with E-state index in [1.807, 2.05) is 0 Å². The van der Waals surface area contributed by atoms with Crippen molar-refractivity contribution in [3.05, 3.63) is 29.3 Å². The molecule has 6 heteroatoms. The number of halogens is 3. The van der Waals surface area contributed by atoms with E-state index >= 15 is 0 Å². The van der Waals surface area contributed by atoms with E-state index in [4.69, 9.17) is 10.4 Å². The summed E-state index contributed by atoms with van der Waals surface area (Å²) in [5.74, 6) is 0. The summed E-state index contributed by atoms with van der Waals surface area (Å²) in [6, 6.07) is 5.03. The first-order chi connectivity index (χ1) is 7.90. The van der Waals surface area contributed by atoms with Crippen LogP contribution in [0.4, 0.5) is 18.9 Å². The third-order valence-corrected chi connectivity index (χ3v) is 2.28. The number of alkyl halides is 3. The summed E-state index contributed by atoms with van der Waals surface area (Å²) in [7, 11) is 1.45. The molecule has 0 fully saturated rings. The second kappa shape index (κ2) is 5.06. The Hall–Kier alpha value is -1.74. The first-order valence-corrected chi connectivity index (χ1v) is 4.83. The van der Waals surface area contributed by atoms with Gasteiger partial charge in [-0.3, -0.25) is 0 Å². The number of nitrogens with zero attached hydrogens (tertiary/aromatic N) is 2. The van der Waals surface area contributed by atoms with E-state index in [1.165, 1.54) is 24.1 Å². The van der Waals surface area contributed by atoms with Gasteiger partial charge in [-0.15, -0.1) is 0 Å². The smallest absolute Gasteiger partial charge is 0.395 e. The second-order valence-corrected chi connectivity index (χ2v) is 3.49. The van der Waals surface area contributed by atoms with Gasteiger partial charge in [-0.25, -0.2) is 0 Å². The van der Waals surface area contributed by atoms with Gasteiger partial charge in [0.1, 0.15) is 0 Å². The molecule has 0 aliphatic carbocycles. The Morgan fingerprint density at radius 3 is 2.53 bits per heavy atom. The number of hydrogen-bond donors (Lipinski definition) is 1. The number of benzene rings is 1. The zero-order valence-electron chi connectivity index (χ0n) is 9.12. The van der Waals surface area contributed by atoms with Gasteiger partial charge in [0.15, 0.2) is 0 Å². The fraction of sp³-hybridized carbons (Fsp3) is 0.364. The van der Waals surface area contributed by atoms with Gasteiger partial charge in [0.05, 0.1) is 23.8 Å². The number of likely N-dealkylation sites (N-methyl/N-ethyl adjacent to an activating group) is 1. The van der Waals surface area contributed by atoms with Crippen LogP contribution in [0, 0.1) is 11.3 Å². The highest BCUT2D eigenvalue weighted by atomic mass is 19.4. The molecule has 1 N–H and O–H groups in total. The Labute approximate surface area is 96.7 Å². The van der Waals surface area contributed by atoms with Crippen molar-refractivity contribution in [2.45, 2.75) is 6.18 Å². The topological polar surface area (TPSA) is 47.3 Å². The van der Waals surface area contributed by atoms with Gasteiger partial charge in [-0.1, -0.05) is 0 Å². The van der Waals surface area contributed by atoms with Crippen LogP contribution in [0.25, 0.3) is 0 Å². The first-order valence-electron chi connectivity index (χ1n) is 4.83. The van der Waals surface area contributed by atoms with Gasteiger partial charge in [0.2, 0.25) is 0 Å². The van der Waals surface area contributed by atoms with E-state index in [-0.39, 0.29) is 24.4 Å². The SMILES string of the molecule is CN(CCO)c1ccc(C#N)cc1C(F)(F)F. The van der Waals surface area contributed by atoms with Crippen molar-refractivity contribution in [2.24, 2.45) is 0 Å². The van der Waals surface area contributed by atoms with Crippen LogP contribution in [0.15, 0.2) is 18.2 Å². The average molecular weight is 244 g/mol. The van der Waals surface area contributed by atoms with Crippen LogP contribution in [0.2, 0.25) is 0 Å². The molecule has 3 nitrogen and oxygen atoms in total. The maximum atomic E-state index is 12.8. The Balaban J connectivity index is 3.26. The first kappa shape index (κ1) is 13.3. The summed E-state index contributed by atoms with van der Waals surface area (Å²) in [5.41, 5.74) is -0.962. The molecular weight excluding hydrogens is 233 g/mol. The Bertz CT molecular complexity index is 437. The summed E-state index contributed by atoms with van der Waals surface area (Å²) in [5, 5.41) is 17.3. The molecule has 0 amide bonds. The minimum Gasteiger partial charge on any atom is -0.395 e. The average Bonchev–Trinajstić information content (AvgIpc) is 2.27. The molecule has 0 saturated heterocycles. The van der Waals surface area contributed by atoms with Crippen molar-refractivity contribution in [1.29, 1.82) is 5.26 Å². The minimum absolute atomic E-state index is 0.0431. The van der Waals surface area contributed by atoms with Gasteiger partial charge in [-0.05, 0) is 18.2 Å². The molecule has 1 aromatic carbocycles. The summed E-state index contributed by atoms with van der Waals surface area (Å²) < 4.78 is 38.3. The number of hydrogen-bond acceptors (Lipinski definition) is 3. The number of rotatable bonds is 3. The van der Waals surface area contributed by atoms with Crippen LogP contribution in [0.1, 0.15) is 11.1 Å². The summed E-state index contributed by atoms with van der Waals surface area (Å²) >= 11 is 0. The molecule has 0 bridgehead atoms.